The van der Waals surface area contributed by atoms with Crippen LogP contribution in [0.15, 0.2) is 0 Å². The highest BCUT2D eigenvalue weighted by Gasteiger charge is 2.33. The van der Waals surface area contributed by atoms with Crippen LogP contribution < -0.4 is 5.32 Å². The van der Waals surface area contributed by atoms with Gasteiger partial charge in [0.15, 0.2) is 15.0 Å². The summed E-state index contributed by atoms with van der Waals surface area (Å²) < 4.78 is 22.5. The molecule has 0 radical (unpaired) electrons. The van der Waals surface area contributed by atoms with Gasteiger partial charge in [0.1, 0.15) is 0 Å². The second-order valence-corrected chi connectivity index (χ2v) is 7.68. The minimum atomic E-state index is -3.01. The van der Waals surface area contributed by atoms with Gasteiger partial charge in [0.25, 0.3) is 0 Å². The van der Waals surface area contributed by atoms with E-state index in [-0.39, 0.29) is 17.4 Å². The molecular weight excluding hydrogens is 260 g/mol. The Morgan fingerprint density at radius 1 is 1.47 bits per heavy atom. The van der Waals surface area contributed by atoms with Crippen molar-refractivity contribution in [2.75, 3.05) is 16.8 Å². The van der Waals surface area contributed by atoms with Crippen molar-refractivity contribution >= 4 is 32.2 Å². The molecule has 0 aliphatic carbocycles. The van der Waals surface area contributed by atoms with E-state index < -0.39 is 15.8 Å². The van der Waals surface area contributed by atoms with Gasteiger partial charge in [-0.2, -0.15) is 0 Å². The van der Waals surface area contributed by atoms with Crippen LogP contribution in [-0.4, -0.2) is 30.8 Å². The van der Waals surface area contributed by atoms with Gasteiger partial charge in [0.05, 0.1) is 23.1 Å². The molecule has 5 nitrogen and oxygen atoms in total. The summed E-state index contributed by atoms with van der Waals surface area (Å²) in [4.78, 5) is 17.1. The summed E-state index contributed by atoms with van der Waals surface area (Å²) in [6, 6.07) is 0. The zero-order chi connectivity index (χ0) is 12.6. The van der Waals surface area contributed by atoms with Crippen LogP contribution in [0.25, 0.3) is 0 Å². The first-order valence-electron chi connectivity index (χ1n) is 5.33. The molecule has 2 rings (SSSR count). The summed E-state index contributed by atoms with van der Waals surface area (Å²) in [6.45, 7) is 3.81. The van der Waals surface area contributed by atoms with E-state index in [9.17, 15) is 13.2 Å². The number of aryl methyl sites for hydroxylation is 2. The van der Waals surface area contributed by atoms with Crippen LogP contribution in [0.2, 0.25) is 0 Å². The van der Waals surface area contributed by atoms with Crippen molar-refractivity contribution in [3.63, 3.8) is 0 Å². The van der Waals surface area contributed by atoms with E-state index in [2.05, 4.69) is 10.3 Å². The Morgan fingerprint density at radius 3 is 2.65 bits per heavy atom. The normalized spacial score (nSPS) is 22.6. The average Bonchev–Trinajstić information content (AvgIpc) is 2.71. The molecule has 1 aromatic rings. The van der Waals surface area contributed by atoms with Crippen LogP contribution in [0.1, 0.15) is 17.0 Å². The van der Waals surface area contributed by atoms with Gasteiger partial charge in [-0.3, -0.25) is 4.79 Å². The summed E-state index contributed by atoms with van der Waals surface area (Å²) in [6.07, 6.45) is 0.414. The molecule has 2 heterocycles. The lowest BCUT2D eigenvalue weighted by Gasteiger charge is -2.06. The number of hydrogen-bond acceptors (Lipinski definition) is 5. The van der Waals surface area contributed by atoms with Crippen LogP contribution in [0.4, 0.5) is 5.13 Å². The Labute approximate surface area is 104 Å². The molecule has 1 aromatic heterocycles. The van der Waals surface area contributed by atoms with Crippen molar-refractivity contribution in [2.24, 2.45) is 5.92 Å². The van der Waals surface area contributed by atoms with Crippen molar-refractivity contribution in [1.82, 2.24) is 4.98 Å². The molecule has 0 aromatic carbocycles. The third kappa shape index (κ3) is 2.84. The van der Waals surface area contributed by atoms with Crippen molar-refractivity contribution in [3.05, 3.63) is 10.6 Å². The number of carbonyl (C=O) groups is 1. The molecule has 1 saturated heterocycles. The predicted molar refractivity (Wildman–Crippen MR) is 67.0 cm³/mol. The van der Waals surface area contributed by atoms with Gasteiger partial charge in [-0.25, -0.2) is 13.4 Å². The van der Waals surface area contributed by atoms with Crippen LogP contribution in [0, 0.1) is 19.8 Å². The van der Waals surface area contributed by atoms with Gasteiger partial charge < -0.3 is 5.32 Å². The maximum Gasteiger partial charge on any atom is 0.230 e. The summed E-state index contributed by atoms with van der Waals surface area (Å²) in [7, 11) is -3.01. The summed E-state index contributed by atoms with van der Waals surface area (Å²) in [5.41, 5.74) is 0.893. The largest absolute Gasteiger partial charge is 0.302 e. The van der Waals surface area contributed by atoms with Gasteiger partial charge in [-0.05, 0) is 20.3 Å². The molecule has 1 atom stereocenters. The van der Waals surface area contributed by atoms with Crippen LogP contribution in [0.5, 0.6) is 0 Å². The summed E-state index contributed by atoms with van der Waals surface area (Å²) in [5, 5.41) is 3.24. The maximum absolute atomic E-state index is 11.8. The Balaban J connectivity index is 2.03. The van der Waals surface area contributed by atoms with Gasteiger partial charge in [-0.1, -0.05) is 0 Å². The first-order chi connectivity index (χ1) is 7.87. The second-order valence-electron chi connectivity index (χ2n) is 4.25. The van der Waals surface area contributed by atoms with Gasteiger partial charge in [-0.15, -0.1) is 11.3 Å². The van der Waals surface area contributed by atoms with Crippen LogP contribution in [-0.2, 0) is 14.6 Å². The van der Waals surface area contributed by atoms with Crippen molar-refractivity contribution < 1.29 is 13.2 Å². The summed E-state index contributed by atoms with van der Waals surface area (Å²) >= 11 is 1.41. The molecule has 1 aliphatic rings. The lowest BCUT2D eigenvalue weighted by molar-refractivity contribution is -0.119. The van der Waals surface area contributed by atoms with E-state index >= 15 is 0 Å². The molecule has 94 valence electrons. The molecule has 0 unspecified atom stereocenters. The molecule has 1 aliphatic heterocycles. The summed E-state index contributed by atoms with van der Waals surface area (Å²) in [5.74, 6) is -0.590. The molecular formula is C10H14N2O3S2. The fraction of sp³-hybridized carbons (Fsp3) is 0.600. The van der Waals surface area contributed by atoms with E-state index in [1.165, 1.54) is 11.3 Å². The SMILES string of the molecule is Cc1nc(NC(=O)[C@@H]2CCS(=O)(=O)C2)sc1C. The van der Waals surface area contributed by atoms with E-state index in [1.807, 2.05) is 13.8 Å². The first-order valence-corrected chi connectivity index (χ1v) is 7.96. The van der Waals surface area contributed by atoms with E-state index in [0.29, 0.717) is 11.6 Å². The number of amides is 1. The fourth-order valence-corrected chi connectivity index (χ4v) is 4.29. The van der Waals surface area contributed by atoms with E-state index in [0.717, 1.165) is 10.6 Å². The van der Waals surface area contributed by atoms with Gasteiger partial charge in [0, 0.05) is 4.88 Å². The second kappa shape index (κ2) is 4.38. The molecule has 7 heteroatoms. The third-order valence-corrected chi connectivity index (χ3v) is 5.62. The number of aromatic nitrogens is 1. The topological polar surface area (TPSA) is 76.1 Å². The molecule has 1 amide bonds. The molecule has 1 fully saturated rings. The highest BCUT2D eigenvalue weighted by Crippen LogP contribution is 2.24. The molecule has 17 heavy (non-hydrogen) atoms. The number of nitrogens with one attached hydrogen (secondary N) is 1. The lowest BCUT2D eigenvalue weighted by Crippen LogP contribution is -2.23. The quantitative estimate of drug-likeness (QED) is 0.877. The highest BCUT2D eigenvalue weighted by molar-refractivity contribution is 7.91. The third-order valence-electron chi connectivity index (χ3n) is 2.86. The standard InChI is InChI=1S/C10H14N2O3S2/c1-6-7(2)16-10(11-6)12-9(13)8-3-4-17(14,15)5-8/h8H,3-5H2,1-2H3,(H,11,12,13)/t8-/m1/s1. The smallest absolute Gasteiger partial charge is 0.230 e. The van der Waals surface area contributed by atoms with E-state index in [1.54, 1.807) is 0 Å². The number of sulfone groups is 1. The Bertz CT molecular complexity index is 528. The van der Waals surface area contributed by atoms with Crippen molar-refractivity contribution in [1.29, 1.82) is 0 Å². The highest BCUT2D eigenvalue weighted by atomic mass is 32.2. The zero-order valence-electron chi connectivity index (χ0n) is 9.69. The Hall–Kier alpha value is -0.950. The zero-order valence-corrected chi connectivity index (χ0v) is 11.3. The number of anilines is 1. The average molecular weight is 274 g/mol. The van der Waals surface area contributed by atoms with Crippen molar-refractivity contribution in [3.8, 4) is 0 Å². The molecule has 0 bridgehead atoms. The lowest BCUT2D eigenvalue weighted by atomic mass is 10.1. The predicted octanol–water partition coefficient (Wildman–Crippen LogP) is 1.13. The first kappa shape index (κ1) is 12.5. The number of nitrogens with zero attached hydrogens (tertiary/aromatic N) is 1. The Morgan fingerprint density at radius 2 is 2.18 bits per heavy atom. The van der Waals surface area contributed by atoms with Crippen molar-refractivity contribution in [2.45, 2.75) is 20.3 Å². The van der Waals surface area contributed by atoms with Crippen LogP contribution >= 0.6 is 11.3 Å². The minimum absolute atomic E-state index is 0.0395. The fourth-order valence-electron chi connectivity index (χ4n) is 1.74. The number of rotatable bonds is 2. The van der Waals surface area contributed by atoms with Crippen LogP contribution in [0.3, 0.4) is 0 Å². The molecule has 0 spiro atoms. The van der Waals surface area contributed by atoms with Gasteiger partial charge in [0.2, 0.25) is 5.91 Å². The number of hydrogen-bond donors (Lipinski definition) is 1. The van der Waals surface area contributed by atoms with Gasteiger partial charge >= 0.3 is 0 Å². The molecule has 1 N–H and O–H groups in total. The van der Waals surface area contributed by atoms with E-state index in [4.69, 9.17) is 0 Å². The number of thiazole rings is 1. The maximum atomic E-state index is 11.8. The Kier molecular flexibility index (Phi) is 3.22. The monoisotopic (exact) mass is 274 g/mol. The molecule has 0 saturated carbocycles. The number of carbonyl (C=O) groups excluding carboxylic acids is 1. The minimum Gasteiger partial charge on any atom is -0.302 e.